The fourth-order valence-corrected chi connectivity index (χ4v) is 7.73. The lowest BCUT2D eigenvalue weighted by Crippen LogP contribution is -2.66. The van der Waals surface area contributed by atoms with Gasteiger partial charge >= 0.3 is 0 Å². The summed E-state index contributed by atoms with van der Waals surface area (Å²) in [6.07, 6.45) is -31.9. The first-order valence-electron chi connectivity index (χ1n) is 22.0. The zero-order valence-corrected chi connectivity index (χ0v) is 39.1. The normalized spacial score (nSPS) is 33.5. The van der Waals surface area contributed by atoms with Crippen molar-refractivity contribution in [2.75, 3.05) is 33.0 Å². The third-order valence-corrected chi connectivity index (χ3v) is 10.9. The lowest BCUT2D eigenvalue weighted by atomic mass is 9.96. The van der Waals surface area contributed by atoms with Crippen molar-refractivity contribution in [1.82, 2.24) is 26.6 Å². The van der Waals surface area contributed by atoms with Gasteiger partial charge in [0.15, 0.2) is 31.5 Å². The summed E-state index contributed by atoms with van der Waals surface area (Å²) < 4.78 is 39.4. The standard InChI is InChI=1S/C40H67N5O26/c1-13(51)41-23(37(63)70-34-21(11-49)65-36(62)25(32(34)60)43-15(3)53)29(57)19(7-9-47)67-40-27(45-17(5)55)33(61)35(22(12-50)69-40)71-38(64)24(42-14(2)52)28(56)18(6-8-46)66-39-26(44-16(4)54)31(59)30(58)20(10-48)68-39/h18-22,25-27,30-40,46-50,56-64H,6-12H2,1-5H3,(H,41,51)(H,42,52)(H,43,53)(H,44,54)(H,45,55)/b28-24-,29-23-. The van der Waals surface area contributed by atoms with Gasteiger partial charge in [0.2, 0.25) is 29.5 Å². The lowest BCUT2D eigenvalue weighted by molar-refractivity contribution is -0.303. The van der Waals surface area contributed by atoms with Crippen LogP contribution >= 0.6 is 0 Å². The van der Waals surface area contributed by atoms with E-state index < -0.39 is 215 Å². The molecule has 71 heavy (non-hydrogen) atoms. The summed E-state index contributed by atoms with van der Waals surface area (Å²) in [5.74, 6) is -6.52. The van der Waals surface area contributed by atoms with Crippen LogP contribution in [-0.4, -0.2) is 251 Å². The molecule has 0 aromatic rings. The highest BCUT2D eigenvalue weighted by Crippen LogP contribution is 2.32. The van der Waals surface area contributed by atoms with Crippen LogP contribution in [0, 0.1) is 0 Å². The molecule has 19 N–H and O–H groups in total. The minimum absolute atomic E-state index is 0.568. The summed E-state index contributed by atoms with van der Waals surface area (Å²) in [6, 6.07) is -4.97. The SMILES string of the molecule is CC(=O)N/C(=C(\O)C(CCO)OC1OC(CO)C(O)C(O)C1NC(C)=O)C(O)OC1C(CO)OC(OC(CCO)/C(O)=C(/NC(C)=O)C(O)OC2C(CO)OC(O)C(NC(C)=O)C2O)C(NC(C)=O)C1O. The Morgan fingerprint density at radius 2 is 0.831 bits per heavy atom. The monoisotopic (exact) mass is 1030 g/mol. The second kappa shape index (κ2) is 28.2. The highest BCUT2D eigenvalue weighted by molar-refractivity contribution is 5.76. The van der Waals surface area contributed by atoms with Gasteiger partial charge < -0.3 is 131 Å². The smallest absolute Gasteiger partial charge is 0.221 e. The molecule has 19 atom stereocenters. The molecule has 0 aliphatic carbocycles. The summed E-state index contributed by atoms with van der Waals surface area (Å²) in [7, 11) is 0. The van der Waals surface area contributed by atoms with E-state index >= 15 is 0 Å². The number of nitrogens with one attached hydrogen (secondary N) is 5. The lowest BCUT2D eigenvalue weighted by Gasteiger charge is -2.45. The van der Waals surface area contributed by atoms with Crippen molar-refractivity contribution in [3.63, 3.8) is 0 Å². The van der Waals surface area contributed by atoms with Gasteiger partial charge in [-0.3, -0.25) is 24.0 Å². The maximum absolute atomic E-state index is 12.5. The van der Waals surface area contributed by atoms with Gasteiger partial charge in [-0.2, -0.15) is 0 Å². The Morgan fingerprint density at radius 3 is 1.20 bits per heavy atom. The predicted molar refractivity (Wildman–Crippen MR) is 228 cm³/mol. The Kier molecular flexibility index (Phi) is 24.2. The van der Waals surface area contributed by atoms with Crippen LogP contribution in [0.3, 0.4) is 0 Å². The average Bonchev–Trinajstić information content (AvgIpc) is 3.29. The first kappa shape index (κ1) is 61.0. The molecule has 5 amide bonds. The number of carbonyl (C=O) groups is 5. The van der Waals surface area contributed by atoms with Crippen molar-refractivity contribution in [3.05, 3.63) is 22.9 Å². The highest BCUT2D eigenvalue weighted by Gasteiger charge is 2.51. The molecule has 0 spiro atoms. The Balaban J connectivity index is 2.02. The second-order valence-corrected chi connectivity index (χ2v) is 16.5. The molecule has 0 saturated carbocycles. The Bertz CT molecular complexity index is 1850. The molecule has 0 aromatic carbocycles. The van der Waals surface area contributed by atoms with Crippen molar-refractivity contribution >= 4 is 29.5 Å². The fourth-order valence-electron chi connectivity index (χ4n) is 7.73. The zero-order valence-electron chi connectivity index (χ0n) is 39.1. The van der Waals surface area contributed by atoms with Gasteiger partial charge in [0.05, 0.1) is 19.8 Å². The topological polar surface area (TPSA) is 493 Å². The van der Waals surface area contributed by atoms with E-state index in [1.54, 1.807) is 0 Å². The minimum atomic E-state index is -2.54. The number of rotatable bonds is 24. The van der Waals surface area contributed by atoms with E-state index in [1.807, 2.05) is 0 Å². The van der Waals surface area contributed by atoms with E-state index in [-0.39, 0.29) is 0 Å². The molecule has 3 saturated heterocycles. The van der Waals surface area contributed by atoms with E-state index in [1.165, 1.54) is 0 Å². The number of ether oxygens (including phenoxy) is 7. The van der Waals surface area contributed by atoms with Crippen molar-refractivity contribution in [3.8, 4) is 0 Å². The van der Waals surface area contributed by atoms with Gasteiger partial charge in [-0.05, 0) is 0 Å². The molecular formula is C40H67N5O26. The van der Waals surface area contributed by atoms with E-state index in [9.17, 15) is 95.5 Å². The van der Waals surface area contributed by atoms with Crippen LogP contribution in [0.4, 0.5) is 0 Å². The number of aliphatic hydroxyl groups is 14. The maximum atomic E-state index is 12.5. The molecule has 0 radical (unpaired) electrons. The third-order valence-electron chi connectivity index (χ3n) is 10.9. The van der Waals surface area contributed by atoms with Gasteiger partial charge in [-0.1, -0.05) is 0 Å². The summed E-state index contributed by atoms with van der Waals surface area (Å²) in [4.78, 5) is 61.1. The van der Waals surface area contributed by atoms with Crippen LogP contribution in [0.5, 0.6) is 0 Å². The highest BCUT2D eigenvalue weighted by atomic mass is 16.7. The van der Waals surface area contributed by atoms with Crippen molar-refractivity contribution in [2.24, 2.45) is 0 Å². The average molecular weight is 1030 g/mol. The summed E-state index contributed by atoms with van der Waals surface area (Å²) >= 11 is 0. The quantitative estimate of drug-likeness (QED) is 0.0315. The van der Waals surface area contributed by atoms with Crippen LogP contribution in [-0.2, 0) is 57.1 Å². The second-order valence-electron chi connectivity index (χ2n) is 16.5. The van der Waals surface area contributed by atoms with Crippen LogP contribution in [0.2, 0.25) is 0 Å². The van der Waals surface area contributed by atoms with Crippen LogP contribution in [0.1, 0.15) is 47.5 Å². The molecule has 0 bridgehead atoms. The number of hydrogen-bond donors (Lipinski definition) is 19. The first-order valence-corrected chi connectivity index (χ1v) is 22.0. The van der Waals surface area contributed by atoms with Gasteiger partial charge in [0, 0.05) is 60.7 Å². The largest absolute Gasteiger partial charge is 0.507 e. The van der Waals surface area contributed by atoms with Gasteiger partial charge in [-0.25, -0.2) is 0 Å². The molecule has 3 aliphatic rings. The van der Waals surface area contributed by atoms with Gasteiger partial charge in [0.1, 0.15) is 108 Å². The molecular weight excluding hydrogens is 966 g/mol. The first-order chi connectivity index (χ1) is 33.3. The van der Waals surface area contributed by atoms with Crippen molar-refractivity contribution < 1.29 is 129 Å². The van der Waals surface area contributed by atoms with E-state index in [2.05, 4.69) is 26.6 Å². The number of amides is 5. The number of carbonyl (C=O) groups excluding carboxylic acids is 5. The summed E-state index contributed by atoms with van der Waals surface area (Å²) in [5.41, 5.74) is -1.84. The summed E-state index contributed by atoms with van der Waals surface area (Å²) in [6.45, 7) is 0.410. The molecule has 3 rings (SSSR count). The molecule has 31 nitrogen and oxygen atoms in total. The molecule has 3 aliphatic heterocycles. The Morgan fingerprint density at radius 1 is 0.479 bits per heavy atom. The Hall–Kier alpha value is -4.33. The van der Waals surface area contributed by atoms with Crippen LogP contribution in [0.15, 0.2) is 22.9 Å². The van der Waals surface area contributed by atoms with E-state index in [0.717, 1.165) is 34.6 Å². The van der Waals surface area contributed by atoms with Gasteiger partial charge in [0.25, 0.3) is 0 Å². The summed E-state index contributed by atoms with van der Waals surface area (Å²) in [5, 5.41) is 161. The maximum Gasteiger partial charge on any atom is 0.221 e. The predicted octanol–water partition coefficient (Wildman–Crippen LogP) is -9.16. The van der Waals surface area contributed by atoms with Crippen molar-refractivity contribution in [2.45, 2.75) is 164 Å². The third kappa shape index (κ3) is 16.3. The van der Waals surface area contributed by atoms with Crippen LogP contribution in [0.25, 0.3) is 0 Å². The van der Waals surface area contributed by atoms with Crippen LogP contribution < -0.4 is 26.6 Å². The Labute approximate surface area is 404 Å². The minimum Gasteiger partial charge on any atom is -0.507 e. The van der Waals surface area contributed by atoms with E-state index in [0.29, 0.717) is 0 Å². The fraction of sp³-hybridized carbons (Fsp3) is 0.775. The van der Waals surface area contributed by atoms with Gasteiger partial charge in [-0.15, -0.1) is 0 Å². The molecule has 31 heteroatoms. The molecule has 0 aromatic heterocycles. The molecule has 3 heterocycles. The van der Waals surface area contributed by atoms with Crippen molar-refractivity contribution in [1.29, 1.82) is 0 Å². The zero-order chi connectivity index (χ0) is 53.6. The molecule has 3 fully saturated rings. The number of hydrogen-bond acceptors (Lipinski definition) is 26. The van der Waals surface area contributed by atoms with E-state index in [4.69, 9.17) is 33.2 Å². The number of aliphatic hydroxyl groups excluding tert-OH is 14. The molecule has 19 unspecified atom stereocenters. The molecule has 408 valence electrons.